The molecule has 5 aromatic rings. The predicted octanol–water partition coefficient (Wildman–Crippen LogP) is 5.56. The van der Waals surface area contributed by atoms with Gasteiger partial charge in [0.1, 0.15) is 17.4 Å². The van der Waals surface area contributed by atoms with Crippen molar-refractivity contribution >= 4 is 38.6 Å². The lowest BCUT2D eigenvalue weighted by Crippen LogP contribution is -2.37. The van der Waals surface area contributed by atoms with Crippen LogP contribution in [-0.4, -0.2) is 61.3 Å². The number of fused-ring (bicyclic) bond motifs is 2. The number of piperidine rings is 1. The summed E-state index contributed by atoms with van der Waals surface area (Å²) in [7, 11) is 0. The average molecular weight is 584 g/mol. The second-order valence-corrected chi connectivity index (χ2v) is 12.3. The number of rotatable bonds is 10. The highest BCUT2D eigenvalue weighted by Crippen LogP contribution is 2.27. The van der Waals surface area contributed by atoms with Gasteiger partial charge in [-0.15, -0.1) is 11.3 Å². The molecule has 42 heavy (non-hydrogen) atoms. The summed E-state index contributed by atoms with van der Waals surface area (Å²) in [6, 6.07) is 19.3. The van der Waals surface area contributed by atoms with Crippen LogP contribution in [0, 0.1) is 5.92 Å². The molecule has 2 atom stereocenters. The Balaban J connectivity index is 1.01. The predicted molar refractivity (Wildman–Crippen MR) is 161 cm³/mol. The number of carbonyl (C=O) groups is 1. The zero-order valence-electron chi connectivity index (χ0n) is 23.3. The van der Waals surface area contributed by atoms with E-state index in [2.05, 4.69) is 26.6 Å². The van der Waals surface area contributed by atoms with E-state index in [4.69, 9.17) is 19.4 Å². The highest BCUT2D eigenvalue weighted by atomic mass is 32.1. The van der Waals surface area contributed by atoms with Crippen molar-refractivity contribution in [2.45, 2.75) is 51.5 Å². The number of aromatic nitrogens is 4. The van der Waals surface area contributed by atoms with E-state index < -0.39 is 5.97 Å². The molecular weight excluding hydrogens is 550 g/mol. The van der Waals surface area contributed by atoms with Crippen molar-refractivity contribution in [2.24, 2.45) is 5.92 Å². The third-order valence-corrected chi connectivity index (χ3v) is 9.19. The summed E-state index contributed by atoms with van der Waals surface area (Å²) < 4.78 is 15.1. The van der Waals surface area contributed by atoms with Crippen molar-refractivity contribution in [1.82, 2.24) is 24.4 Å². The third kappa shape index (κ3) is 5.88. The number of benzene rings is 2. The van der Waals surface area contributed by atoms with Crippen molar-refractivity contribution in [3.63, 3.8) is 0 Å². The number of ether oxygens (including phenoxy) is 2. The molecule has 10 heteroatoms. The third-order valence-electron chi connectivity index (χ3n) is 8.18. The standard InChI is InChI=1S/C32H33N5O4S/c38-32(39)22-10-11-25-27(16-22)37(18-24-12-14-40-24)29(34-25)19-36-13-4-5-21(17-36)15-23-6-3-9-30(33-23)41-20-31-35-26-7-1-2-8-28(26)42-31/h1-3,6-11,16,21,24H,4-5,12-15,17-20H2,(H,38,39)/t21-,24-/m0/s1. The molecule has 0 spiro atoms. The minimum atomic E-state index is -0.926. The van der Waals surface area contributed by atoms with Gasteiger partial charge in [-0.1, -0.05) is 18.2 Å². The van der Waals surface area contributed by atoms with Gasteiger partial charge in [0, 0.05) is 24.9 Å². The second-order valence-electron chi connectivity index (χ2n) is 11.2. The Bertz CT molecular complexity index is 1700. The molecule has 3 aromatic heterocycles. The zero-order valence-corrected chi connectivity index (χ0v) is 24.1. The van der Waals surface area contributed by atoms with Gasteiger partial charge in [-0.3, -0.25) is 4.90 Å². The molecule has 5 heterocycles. The van der Waals surface area contributed by atoms with Crippen LogP contribution in [-0.2, 0) is 30.9 Å². The van der Waals surface area contributed by atoms with Gasteiger partial charge in [-0.25, -0.2) is 19.7 Å². The second kappa shape index (κ2) is 11.8. The van der Waals surface area contributed by atoms with E-state index in [0.29, 0.717) is 24.9 Å². The number of likely N-dealkylation sites (tertiary alicyclic amines) is 1. The minimum Gasteiger partial charge on any atom is -0.478 e. The van der Waals surface area contributed by atoms with Gasteiger partial charge in [0.15, 0.2) is 0 Å². The van der Waals surface area contributed by atoms with Crippen LogP contribution in [0.4, 0.5) is 0 Å². The lowest BCUT2D eigenvalue weighted by Gasteiger charge is -2.33. The molecule has 2 aliphatic heterocycles. The topological polar surface area (TPSA) is 103 Å². The van der Waals surface area contributed by atoms with Crippen LogP contribution in [0.25, 0.3) is 21.3 Å². The van der Waals surface area contributed by atoms with E-state index in [1.165, 1.54) is 0 Å². The summed E-state index contributed by atoms with van der Waals surface area (Å²) in [5.74, 6) is 1.15. The molecule has 2 saturated heterocycles. The molecule has 2 fully saturated rings. The largest absolute Gasteiger partial charge is 0.478 e. The van der Waals surface area contributed by atoms with Gasteiger partial charge >= 0.3 is 5.97 Å². The maximum Gasteiger partial charge on any atom is 0.335 e. The first-order valence-corrected chi connectivity index (χ1v) is 15.4. The zero-order chi connectivity index (χ0) is 28.5. The Morgan fingerprint density at radius 2 is 1.95 bits per heavy atom. The maximum absolute atomic E-state index is 11.6. The fraction of sp³-hybridized carbons (Fsp3) is 0.375. The highest BCUT2D eigenvalue weighted by molar-refractivity contribution is 7.18. The number of aromatic carboxylic acids is 1. The summed E-state index contributed by atoms with van der Waals surface area (Å²) in [6.07, 6.45) is 4.33. The maximum atomic E-state index is 11.6. The first kappa shape index (κ1) is 27.0. The fourth-order valence-corrected chi connectivity index (χ4v) is 6.87. The molecule has 0 radical (unpaired) electrons. The van der Waals surface area contributed by atoms with E-state index in [1.807, 2.05) is 36.4 Å². The summed E-state index contributed by atoms with van der Waals surface area (Å²) in [4.78, 5) is 28.5. The highest BCUT2D eigenvalue weighted by Gasteiger charge is 2.26. The van der Waals surface area contributed by atoms with E-state index in [-0.39, 0.29) is 11.7 Å². The molecule has 0 saturated carbocycles. The number of hydrogen-bond donors (Lipinski definition) is 1. The minimum absolute atomic E-state index is 0.152. The number of carboxylic acids is 1. The van der Waals surface area contributed by atoms with Gasteiger partial charge in [-0.2, -0.15) is 0 Å². The normalized spacial score (nSPS) is 19.2. The smallest absolute Gasteiger partial charge is 0.335 e. The van der Waals surface area contributed by atoms with Crippen LogP contribution < -0.4 is 4.74 Å². The van der Waals surface area contributed by atoms with Crippen molar-refractivity contribution in [1.29, 1.82) is 0 Å². The van der Waals surface area contributed by atoms with Crippen LogP contribution in [0.3, 0.4) is 0 Å². The Hall–Kier alpha value is -3.86. The van der Waals surface area contributed by atoms with E-state index >= 15 is 0 Å². The number of nitrogens with zero attached hydrogens (tertiary/aromatic N) is 5. The molecule has 9 nitrogen and oxygen atoms in total. The van der Waals surface area contributed by atoms with Crippen LogP contribution in [0.2, 0.25) is 0 Å². The van der Waals surface area contributed by atoms with Crippen molar-refractivity contribution in [2.75, 3.05) is 19.7 Å². The van der Waals surface area contributed by atoms with Crippen LogP contribution in [0.1, 0.15) is 46.1 Å². The van der Waals surface area contributed by atoms with Gasteiger partial charge in [0.05, 0.1) is 46.0 Å². The molecular formula is C32H33N5O4S. The van der Waals surface area contributed by atoms with E-state index in [9.17, 15) is 9.90 Å². The van der Waals surface area contributed by atoms with Gasteiger partial charge in [-0.05, 0) is 74.5 Å². The molecule has 7 rings (SSSR count). The molecule has 0 amide bonds. The molecule has 0 aliphatic carbocycles. The summed E-state index contributed by atoms with van der Waals surface area (Å²) in [6.45, 7) is 4.58. The molecule has 0 unspecified atom stereocenters. The number of hydrogen-bond acceptors (Lipinski definition) is 8. The molecule has 2 aromatic carbocycles. The number of pyridine rings is 1. The first-order chi connectivity index (χ1) is 20.6. The number of imidazole rings is 1. The molecule has 0 bridgehead atoms. The Morgan fingerprint density at radius 1 is 1.05 bits per heavy atom. The molecule has 2 aliphatic rings. The van der Waals surface area contributed by atoms with Gasteiger partial charge < -0.3 is 19.1 Å². The Kier molecular flexibility index (Phi) is 7.58. The molecule has 1 N–H and O–H groups in total. The summed E-state index contributed by atoms with van der Waals surface area (Å²) in [5, 5.41) is 10.5. The Morgan fingerprint density at radius 3 is 2.79 bits per heavy atom. The monoisotopic (exact) mass is 583 g/mol. The summed E-state index contributed by atoms with van der Waals surface area (Å²) >= 11 is 1.65. The lowest BCUT2D eigenvalue weighted by molar-refractivity contribution is -0.0592. The quantitative estimate of drug-likeness (QED) is 0.228. The number of thiazole rings is 1. The van der Waals surface area contributed by atoms with Gasteiger partial charge in [0.25, 0.3) is 0 Å². The molecule has 216 valence electrons. The SMILES string of the molecule is O=C(O)c1ccc2nc(CN3CCC[C@@H](Cc4cccc(OCc5nc6ccccc6s5)n4)C3)n(C[C@@H]3CCO3)c2c1. The van der Waals surface area contributed by atoms with E-state index in [1.54, 1.807) is 23.5 Å². The van der Waals surface area contributed by atoms with E-state index in [0.717, 1.165) is 89.7 Å². The summed E-state index contributed by atoms with van der Waals surface area (Å²) in [5.41, 5.74) is 4.01. The van der Waals surface area contributed by atoms with Crippen molar-refractivity contribution in [3.05, 3.63) is 82.8 Å². The van der Waals surface area contributed by atoms with Crippen LogP contribution in [0.15, 0.2) is 60.7 Å². The van der Waals surface area contributed by atoms with Crippen LogP contribution in [0.5, 0.6) is 5.88 Å². The van der Waals surface area contributed by atoms with Crippen molar-refractivity contribution in [3.8, 4) is 5.88 Å². The number of para-hydroxylation sites is 1. The number of carboxylic acid groups (broad SMARTS) is 1. The average Bonchev–Trinajstić information content (AvgIpc) is 3.54. The van der Waals surface area contributed by atoms with Crippen molar-refractivity contribution < 1.29 is 19.4 Å². The Labute approximate surface area is 247 Å². The lowest BCUT2D eigenvalue weighted by atomic mass is 9.93. The fourth-order valence-electron chi connectivity index (χ4n) is 5.99. The first-order valence-electron chi connectivity index (χ1n) is 14.6. The van der Waals surface area contributed by atoms with Crippen LogP contribution >= 0.6 is 11.3 Å². The van der Waals surface area contributed by atoms with Gasteiger partial charge in [0.2, 0.25) is 5.88 Å².